The molecule has 0 saturated carbocycles. The Bertz CT molecular complexity index is 453. The smallest absolute Gasteiger partial charge is 0.255 e. The lowest BCUT2D eigenvalue weighted by Crippen LogP contribution is -2.36. The van der Waals surface area contributed by atoms with Crippen molar-refractivity contribution in [2.45, 2.75) is 31.4 Å². The number of rotatable bonds is 3. The lowest BCUT2D eigenvalue weighted by molar-refractivity contribution is 0.0947. The molecule has 1 heterocycles. The van der Waals surface area contributed by atoms with E-state index in [1.165, 1.54) is 12.2 Å². The molecule has 1 saturated heterocycles. The van der Waals surface area contributed by atoms with E-state index in [9.17, 15) is 9.90 Å². The maximum Gasteiger partial charge on any atom is 0.255 e. The standard InChI is InChI=1S/C14H19NO2S/c1-10-5-3-6-11(12(10)16)13(17)15-9-14(2)7-4-8-18-14/h3,5-6,16H,4,7-9H2,1-2H3,(H,15,17). The van der Waals surface area contributed by atoms with Gasteiger partial charge in [-0.05, 0) is 44.1 Å². The largest absolute Gasteiger partial charge is 0.507 e. The van der Waals surface area contributed by atoms with Gasteiger partial charge in [0.2, 0.25) is 0 Å². The van der Waals surface area contributed by atoms with Gasteiger partial charge in [-0.2, -0.15) is 11.8 Å². The number of phenols is 1. The normalized spacial score (nSPS) is 23.0. The van der Waals surface area contributed by atoms with Gasteiger partial charge in [0.05, 0.1) is 5.56 Å². The Morgan fingerprint density at radius 2 is 2.33 bits per heavy atom. The summed E-state index contributed by atoms with van der Waals surface area (Å²) in [5, 5.41) is 12.8. The topological polar surface area (TPSA) is 49.3 Å². The highest BCUT2D eigenvalue weighted by Crippen LogP contribution is 2.37. The second kappa shape index (κ2) is 5.22. The molecule has 0 aliphatic carbocycles. The van der Waals surface area contributed by atoms with Crippen LogP contribution in [-0.4, -0.2) is 28.1 Å². The summed E-state index contributed by atoms with van der Waals surface area (Å²) in [6.07, 6.45) is 2.35. The maximum absolute atomic E-state index is 12.0. The molecule has 18 heavy (non-hydrogen) atoms. The van der Waals surface area contributed by atoms with Gasteiger partial charge in [0.25, 0.3) is 5.91 Å². The number of aryl methyl sites for hydroxylation is 1. The molecule has 2 N–H and O–H groups in total. The summed E-state index contributed by atoms with van der Waals surface area (Å²) in [6, 6.07) is 5.23. The van der Waals surface area contributed by atoms with Gasteiger partial charge in [-0.3, -0.25) is 4.79 Å². The minimum absolute atomic E-state index is 0.0826. The fourth-order valence-corrected chi connectivity index (χ4v) is 3.43. The highest BCUT2D eigenvalue weighted by atomic mass is 32.2. The first-order chi connectivity index (χ1) is 8.52. The van der Waals surface area contributed by atoms with Crippen LogP contribution in [0.3, 0.4) is 0 Å². The van der Waals surface area contributed by atoms with Gasteiger partial charge in [0.15, 0.2) is 0 Å². The van der Waals surface area contributed by atoms with Crippen LogP contribution in [0.1, 0.15) is 35.7 Å². The predicted molar refractivity (Wildman–Crippen MR) is 75.3 cm³/mol. The van der Waals surface area contributed by atoms with Crippen molar-refractivity contribution in [2.24, 2.45) is 0 Å². The first-order valence-corrected chi connectivity index (χ1v) is 7.21. The van der Waals surface area contributed by atoms with E-state index in [0.717, 1.165) is 12.0 Å². The molecule has 1 unspecified atom stereocenters. The minimum atomic E-state index is -0.190. The van der Waals surface area contributed by atoms with Gasteiger partial charge in [0, 0.05) is 11.3 Å². The van der Waals surface area contributed by atoms with Crippen molar-refractivity contribution in [1.82, 2.24) is 5.32 Å². The van der Waals surface area contributed by atoms with Crippen LogP contribution in [0.4, 0.5) is 0 Å². The molecule has 1 atom stereocenters. The molecule has 2 rings (SSSR count). The lowest BCUT2D eigenvalue weighted by Gasteiger charge is -2.23. The molecule has 0 aromatic heterocycles. The highest BCUT2D eigenvalue weighted by molar-refractivity contribution is 8.00. The second-order valence-corrected chi connectivity index (χ2v) is 6.74. The number of nitrogens with one attached hydrogen (secondary N) is 1. The van der Waals surface area contributed by atoms with Crippen molar-refractivity contribution in [2.75, 3.05) is 12.3 Å². The van der Waals surface area contributed by atoms with Crippen molar-refractivity contribution in [3.63, 3.8) is 0 Å². The van der Waals surface area contributed by atoms with E-state index in [4.69, 9.17) is 0 Å². The Morgan fingerprint density at radius 1 is 1.56 bits per heavy atom. The molecule has 98 valence electrons. The van der Waals surface area contributed by atoms with Crippen molar-refractivity contribution in [3.05, 3.63) is 29.3 Å². The van der Waals surface area contributed by atoms with E-state index < -0.39 is 0 Å². The number of para-hydroxylation sites is 1. The zero-order valence-corrected chi connectivity index (χ0v) is 11.6. The number of carbonyl (C=O) groups excluding carboxylic acids is 1. The Labute approximate surface area is 112 Å². The van der Waals surface area contributed by atoms with Gasteiger partial charge >= 0.3 is 0 Å². The Hall–Kier alpha value is -1.16. The number of hydrogen-bond donors (Lipinski definition) is 2. The van der Waals surface area contributed by atoms with E-state index in [0.29, 0.717) is 12.1 Å². The number of hydrogen-bond acceptors (Lipinski definition) is 3. The van der Waals surface area contributed by atoms with E-state index in [-0.39, 0.29) is 16.4 Å². The number of phenolic OH excluding ortho intramolecular Hbond substituents is 1. The second-order valence-electron chi connectivity index (χ2n) is 5.06. The molecule has 4 heteroatoms. The van der Waals surface area contributed by atoms with Crippen LogP contribution in [0.15, 0.2) is 18.2 Å². The highest BCUT2D eigenvalue weighted by Gasteiger charge is 2.30. The molecule has 1 aromatic carbocycles. The summed E-state index contributed by atoms with van der Waals surface area (Å²) >= 11 is 1.91. The van der Waals surface area contributed by atoms with E-state index >= 15 is 0 Å². The lowest BCUT2D eigenvalue weighted by atomic mass is 10.1. The third-order valence-corrected chi connectivity index (χ3v) is 4.94. The SMILES string of the molecule is Cc1cccc(C(=O)NCC2(C)CCCS2)c1O. The van der Waals surface area contributed by atoms with Crippen molar-refractivity contribution in [3.8, 4) is 5.75 Å². The number of benzene rings is 1. The molecule has 1 aliphatic heterocycles. The molecule has 1 aromatic rings. The Balaban J connectivity index is 2.01. The summed E-state index contributed by atoms with van der Waals surface area (Å²) in [4.78, 5) is 12.0. The zero-order valence-electron chi connectivity index (χ0n) is 10.8. The minimum Gasteiger partial charge on any atom is -0.507 e. The molecular weight excluding hydrogens is 246 g/mol. The molecule has 3 nitrogen and oxygen atoms in total. The molecule has 1 aliphatic rings. The van der Waals surface area contributed by atoms with Crippen LogP contribution < -0.4 is 5.32 Å². The maximum atomic E-state index is 12.0. The Morgan fingerprint density at radius 3 is 3.00 bits per heavy atom. The van der Waals surface area contributed by atoms with Crippen LogP contribution in [0.5, 0.6) is 5.75 Å². The molecular formula is C14H19NO2S. The van der Waals surface area contributed by atoms with Crippen LogP contribution in [-0.2, 0) is 0 Å². The van der Waals surface area contributed by atoms with Crippen LogP contribution in [0.25, 0.3) is 0 Å². The zero-order chi connectivity index (χ0) is 13.2. The summed E-state index contributed by atoms with van der Waals surface area (Å²) in [6.45, 7) is 4.63. The summed E-state index contributed by atoms with van der Waals surface area (Å²) in [5.41, 5.74) is 1.09. The fourth-order valence-electron chi connectivity index (χ4n) is 2.18. The molecule has 1 fully saturated rings. The van der Waals surface area contributed by atoms with Crippen LogP contribution >= 0.6 is 11.8 Å². The van der Waals surface area contributed by atoms with Crippen molar-refractivity contribution < 1.29 is 9.90 Å². The first kappa shape index (κ1) is 13.3. The number of carbonyl (C=O) groups is 1. The summed E-state index contributed by atoms with van der Waals surface area (Å²) < 4.78 is 0.148. The van der Waals surface area contributed by atoms with Crippen molar-refractivity contribution >= 4 is 17.7 Å². The van der Waals surface area contributed by atoms with Gasteiger partial charge in [-0.25, -0.2) is 0 Å². The molecule has 0 bridgehead atoms. The van der Waals surface area contributed by atoms with E-state index in [1.807, 2.05) is 11.8 Å². The van der Waals surface area contributed by atoms with Gasteiger partial charge in [-0.15, -0.1) is 0 Å². The third-order valence-electron chi connectivity index (χ3n) is 3.41. The van der Waals surface area contributed by atoms with Gasteiger partial charge < -0.3 is 10.4 Å². The number of amides is 1. The summed E-state index contributed by atoms with van der Waals surface area (Å²) in [7, 11) is 0. The first-order valence-electron chi connectivity index (χ1n) is 6.23. The van der Waals surface area contributed by atoms with Crippen molar-refractivity contribution in [1.29, 1.82) is 0 Å². The average Bonchev–Trinajstić information content (AvgIpc) is 2.77. The Kier molecular flexibility index (Phi) is 3.85. The number of thioether (sulfide) groups is 1. The van der Waals surface area contributed by atoms with Gasteiger partial charge in [-0.1, -0.05) is 12.1 Å². The quantitative estimate of drug-likeness (QED) is 0.883. The van der Waals surface area contributed by atoms with Gasteiger partial charge in [0.1, 0.15) is 5.75 Å². The third kappa shape index (κ3) is 2.80. The number of aromatic hydroxyl groups is 1. The van der Waals surface area contributed by atoms with E-state index in [2.05, 4.69) is 12.2 Å². The molecule has 1 amide bonds. The monoisotopic (exact) mass is 265 g/mol. The molecule has 0 spiro atoms. The van der Waals surface area contributed by atoms with Crippen LogP contribution in [0.2, 0.25) is 0 Å². The average molecular weight is 265 g/mol. The van der Waals surface area contributed by atoms with Crippen LogP contribution in [0, 0.1) is 6.92 Å². The van der Waals surface area contributed by atoms with E-state index in [1.54, 1.807) is 25.1 Å². The molecule has 0 radical (unpaired) electrons. The summed E-state index contributed by atoms with van der Waals surface area (Å²) in [5.74, 6) is 1.06. The fraction of sp³-hybridized carbons (Fsp3) is 0.500. The predicted octanol–water partition coefficient (Wildman–Crippen LogP) is 2.72.